The van der Waals surface area contributed by atoms with Crippen molar-refractivity contribution in [2.45, 2.75) is 119 Å². The lowest BCUT2D eigenvalue weighted by atomic mass is 9.75. The highest BCUT2D eigenvalue weighted by Gasteiger charge is 2.23. The molecule has 27 heavy (non-hydrogen) atoms. The maximum atomic E-state index is 9.45. The van der Waals surface area contributed by atoms with Gasteiger partial charge < -0.3 is 5.11 Å². The third-order valence-electron chi connectivity index (χ3n) is 5.50. The summed E-state index contributed by atoms with van der Waals surface area (Å²) in [5.41, 5.74) is 1.55. The molecule has 1 N–H and O–H groups in total. The van der Waals surface area contributed by atoms with Crippen LogP contribution < -0.4 is 0 Å². The molecule has 0 aliphatic rings. The number of unbranched alkanes of at least 4 members (excludes halogenated alkanes) is 5. The molecule has 1 aromatic carbocycles. The zero-order valence-electron chi connectivity index (χ0n) is 19.7. The molecule has 0 fully saturated rings. The molecule has 0 radical (unpaired) electrons. The van der Waals surface area contributed by atoms with Crippen LogP contribution >= 0.6 is 0 Å². The molecule has 0 spiro atoms. The van der Waals surface area contributed by atoms with Gasteiger partial charge in [0.2, 0.25) is 0 Å². The van der Waals surface area contributed by atoms with Crippen molar-refractivity contribution in [3.8, 4) is 5.75 Å². The van der Waals surface area contributed by atoms with Crippen LogP contribution in [0, 0.1) is 11.3 Å². The Morgan fingerprint density at radius 2 is 1.26 bits per heavy atom. The number of phenolic OH excluding ortho intramolecular Hbond substituents is 1. The van der Waals surface area contributed by atoms with Crippen LogP contribution in [0.3, 0.4) is 0 Å². The van der Waals surface area contributed by atoms with E-state index in [-0.39, 0.29) is 5.41 Å². The fraction of sp³-hybridized carbons (Fsp3) is 0.769. The number of phenols is 1. The zero-order chi connectivity index (χ0) is 20.9. The maximum absolute atomic E-state index is 9.45. The largest absolute Gasteiger partial charge is 0.508 e. The summed E-state index contributed by atoms with van der Waals surface area (Å²) >= 11 is 0. The Morgan fingerprint density at radius 3 is 1.70 bits per heavy atom. The molecule has 0 amide bonds. The third kappa shape index (κ3) is 12.2. The highest BCUT2D eigenvalue weighted by molar-refractivity contribution is 5.36. The van der Waals surface area contributed by atoms with Crippen LogP contribution in [0.15, 0.2) is 24.3 Å². The topological polar surface area (TPSA) is 20.2 Å². The van der Waals surface area contributed by atoms with E-state index in [1.807, 2.05) is 18.2 Å². The third-order valence-corrected chi connectivity index (χ3v) is 5.50. The number of rotatable bonds is 9. The van der Waals surface area contributed by atoms with Gasteiger partial charge in [0, 0.05) is 0 Å². The van der Waals surface area contributed by atoms with Crippen molar-refractivity contribution >= 4 is 0 Å². The molecule has 1 unspecified atom stereocenters. The molecule has 0 saturated heterocycles. The summed E-state index contributed by atoms with van der Waals surface area (Å²) < 4.78 is 0. The van der Waals surface area contributed by atoms with E-state index < -0.39 is 0 Å². The van der Waals surface area contributed by atoms with Gasteiger partial charge in [0.1, 0.15) is 5.75 Å². The van der Waals surface area contributed by atoms with Gasteiger partial charge in [-0.15, -0.1) is 0 Å². The molecule has 1 atom stereocenters. The molecule has 0 aliphatic carbocycles. The molecule has 0 aromatic heterocycles. The second-order valence-corrected chi connectivity index (χ2v) is 10.2. The van der Waals surface area contributed by atoms with Gasteiger partial charge >= 0.3 is 0 Å². The Hall–Kier alpha value is -0.980. The monoisotopic (exact) mass is 376 g/mol. The van der Waals surface area contributed by atoms with Crippen LogP contribution in [0.1, 0.15) is 119 Å². The van der Waals surface area contributed by atoms with Gasteiger partial charge in [0.25, 0.3) is 0 Å². The van der Waals surface area contributed by atoms with Crippen LogP contribution in [-0.2, 0) is 5.41 Å². The van der Waals surface area contributed by atoms with E-state index >= 15 is 0 Å². The Balaban J connectivity index is 0.000000533. The van der Waals surface area contributed by atoms with Gasteiger partial charge in [-0.1, -0.05) is 119 Å². The minimum Gasteiger partial charge on any atom is -0.508 e. The van der Waals surface area contributed by atoms with E-state index in [1.54, 1.807) is 6.07 Å². The SMILES string of the molecule is CC(C)(C)c1ccccc1O.CCCCCCCC(CCCC)C(C)(C)C. The molecule has 0 saturated carbocycles. The highest BCUT2D eigenvalue weighted by atomic mass is 16.3. The van der Waals surface area contributed by atoms with Crippen molar-refractivity contribution < 1.29 is 5.11 Å². The first-order chi connectivity index (χ1) is 12.5. The molecule has 0 heterocycles. The van der Waals surface area contributed by atoms with Gasteiger partial charge in [-0.05, 0) is 41.2 Å². The van der Waals surface area contributed by atoms with Gasteiger partial charge in [-0.2, -0.15) is 0 Å². The van der Waals surface area contributed by atoms with Gasteiger partial charge in [-0.3, -0.25) is 0 Å². The summed E-state index contributed by atoms with van der Waals surface area (Å²) in [5.74, 6) is 1.33. The van der Waals surface area contributed by atoms with Crippen LogP contribution in [0.25, 0.3) is 0 Å². The van der Waals surface area contributed by atoms with E-state index in [9.17, 15) is 5.11 Å². The zero-order valence-corrected chi connectivity index (χ0v) is 19.7. The summed E-state index contributed by atoms with van der Waals surface area (Å²) in [6, 6.07) is 7.46. The Kier molecular flexibility index (Phi) is 12.8. The molecule has 0 aliphatic heterocycles. The van der Waals surface area contributed by atoms with E-state index in [2.05, 4.69) is 55.4 Å². The van der Waals surface area contributed by atoms with Crippen molar-refractivity contribution in [3.05, 3.63) is 29.8 Å². The smallest absolute Gasteiger partial charge is 0.119 e. The van der Waals surface area contributed by atoms with E-state index in [0.29, 0.717) is 11.2 Å². The Labute approximate surface area is 171 Å². The van der Waals surface area contributed by atoms with Gasteiger partial charge in [0.05, 0.1) is 0 Å². The average molecular weight is 377 g/mol. The fourth-order valence-corrected chi connectivity index (χ4v) is 3.56. The van der Waals surface area contributed by atoms with Crippen LogP contribution in [0.4, 0.5) is 0 Å². The quantitative estimate of drug-likeness (QED) is 0.426. The standard InChI is InChI=1S/C16H34.C10H14O/c1-6-8-10-11-12-14-15(13-9-7-2)16(3,4)5;1-10(2,3)8-6-4-5-7-9(8)11/h15H,6-14H2,1-5H3;4-7,11H,1-3H3. The van der Waals surface area contributed by atoms with Gasteiger partial charge in [0.15, 0.2) is 0 Å². The van der Waals surface area contributed by atoms with Crippen molar-refractivity contribution in [1.29, 1.82) is 0 Å². The summed E-state index contributed by atoms with van der Waals surface area (Å²) in [5, 5.41) is 9.45. The highest BCUT2D eigenvalue weighted by Crippen LogP contribution is 2.34. The summed E-state index contributed by atoms with van der Waals surface area (Å²) in [7, 11) is 0. The number of hydrogen-bond acceptors (Lipinski definition) is 1. The van der Waals surface area contributed by atoms with Crippen molar-refractivity contribution in [1.82, 2.24) is 0 Å². The van der Waals surface area contributed by atoms with Crippen LogP contribution in [0.2, 0.25) is 0 Å². The molecule has 1 heteroatoms. The van der Waals surface area contributed by atoms with E-state index in [0.717, 1.165) is 11.5 Å². The van der Waals surface area contributed by atoms with Gasteiger partial charge in [-0.25, -0.2) is 0 Å². The minimum absolute atomic E-state index is 0.0331. The molecule has 0 bridgehead atoms. The second-order valence-electron chi connectivity index (χ2n) is 10.2. The number of aromatic hydroxyl groups is 1. The predicted molar refractivity (Wildman–Crippen MR) is 123 cm³/mol. The van der Waals surface area contributed by atoms with E-state index in [4.69, 9.17) is 0 Å². The number of hydrogen-bond donors (Lipinski definition) is 1. The molecule has 1 rings (SSSR count). The van der Waals surface area contributed by atoms with Crippen molar-refractivity contribution in [2.75, 3.05) is 0 Å². The molecule has 1 aromatic rings. The lowest BCUT2D eigenvalue weighted by molar-refractivity contribution is 0.202. The summed E-state index contributed by atoms with van der Waals surface area (Å²) in [4.78, 5) is 0. The molecule has 1 nitrogen and oxygen atoms in total. The number of benzene rings is 1. The molecular formula is C26H48O. The summed E-state index contributed by atoms with van der Waals surface area (Å²) in [6.45, 7) is 18.1. The Bertz CT molecular complexity index is 476. The van der Waals surface area contributed by atoms with Crippen LogP contribution in [0.5, 0.6) is 5.75 Å². The first kappa shape index (κ1) is 26.0. The first-order valence-electron chi connectivity index (χ1n) is 11.3. The Morgan fingerprint density at radius 1 is 0.741 bits per heavy atom. The van der Waals surface area contributed by atoms with E-state index in [1.165, 1.54) is 57.8 Å². The lowest BCUT2D eigenvalue weighted by Gasteiger charge is -2.31. The molecule has 158 valence electrons. The first-order valence-corrected chi connectivity index (χ1v) is 11.3. The maximum Gasteiger partial charge on any atom is 0.119 e. The van der Waals surface area contributed by atoms with Crippen molar-refractivity contribution in [2.24, 2.45) is 11.3 Å². The van der Waals surface area contributed by atoms with Crippen LogP contribution in [-0.4, -0.2) is 5.11 Å². The second kappa shape index (κ2) is 13.2. The molecular weight excluding hydrogens is 328 g/mol. The predicted octanol–water partition coefficient (Wildman–Crippen LogP) is 8.89. The minimum atomic E-state index is 0.0331. The lowest BCUT2D eigenvalue weighted by Crippen LogP contribution is -2.20. The number of para-hydroxylation sites is 1. The van der Waals surface area contributed by atoms with Crippen molar-refractivity contribution in [3.63, 3.8) is 0 Å². The average Bonchev–Trinajstić information content (AvgIpc) is 2.56. The summed E-state index contributed by atoms with van der Waals surface area (Å²) in [6.07, 6.45) is 12.8. The normalized spacial score (nSPS) is 13.0. The fourth-order valence-electron chi connectivity index (χ4n) is 3.56.